The van der Waals surface area contributed by atoms with Gasteiger partial charge in [-0.05, 0) is 57.7 Å². The van der Waals surface area contributed by atoms with E-state index in [1.54, 1.807) is 0 Å². The summed E-state index contributed by atoms with van der Waals surface area (Å²) >= 11 is 5.88. The molecule has 1 aromatic rings. The number of likely N-dealkylation sites (tertiary alicyclic amines) is 1. The zero-order chi connectivity index (χ0) is 13.7. The van der Waals surface area contributed by atoms with Crippen molar-refractivity contribution in [3.05, 3.63) is 29.3 Å². The summed E-state index contributed by atoms with van der Waals surface area (Å²) in [6.45, 7) is 4.51. The molecule has 2 rings (SSSR count). The van der Waals surface area contributed by atoms with Crippen molar-refractivity contribution in [2.75, 3.05) is 45.6 Å². The number of hydrogen-bond donors (Lipinski definition) is 1. The molecular weight excluding hydrogens is 258 g/mol. The van der Waals surface area contributed by atoms with Gasteiger partial charge in [0.15, 0.2) is 0 Å². The molecule has 0 radical (unpaired) electrons. The quantitative estimate of drug-likeness (QED) is 0.865. The highest BCUT2D eigenvalue weighted by molar-refractivity contribution is 6.30. The summed E-state index contributed by atoms with van der Waals surface area (Å²) in [5.41, 5.74) is 1.15. The molecule has 0 bridgehead atoms. The van der Waals surface area contributed by atoms with E-state index in [1.807, 2.05) is 24.3 Å². The molecule has 1 fully saturated rings. The third-order valence-electron chi connectivity index (χ3n) is 3.65. The van der Waals surface area contributed by atoms with Crippen LogP contribution in [0.1, 0.15) is 12.8 Å². The topological polar surface area (TPSA) is 18.5 Å². The Morgan fingerprint density at radius 3 is 2.74 bits per heavy atom. The van der Waals surface area contributed by atoms with Crippen molar-refractivity contribution >= 4 is 17.3 Å². The summed E-state index contributed by atoms with van der Waals surface area (Å²) in [5, 5.41) is 4.25. The Morgan fingerprint density at radius 2 is 2.05 bits per heavy atom. The van der Waals surface area contributed by atoms with Gasteiger partial charge < -0.3 is 10.2 Å². The molecule has 1 atom stereocenters. The second kappa shape index (κ2) is 7.13. The minimum absolute atomic E-state index is 0.724. The molecule has 1 aromatic carbocycles. The van der Waals surface area contributed by atoms with Crippen LogP contribution in [-0.4, -0.2) is 56.1 Å². The van der Waals surface area contributed by atoms with Crippen molar-refractivity contribution in [1.29, 1.82) is 0 Å². The highest BCUT2D eigenvalue weighted by Crippen LogP contribution is 2.17. The van der Waals surface area contributed by atoms with Crippen LogP contribution in [0.25, 0.3) is 0 Å². The largest absolute Gasteiger partial charge is 0.384 e. The van der Waals surface area contributed by atoms with E-state index in [2.05, 4.69) is 29.2 Å². The van der Waals surface area contributed by atoms with Crippen LogP contribution in [0.15, 0.2) is 24.3 Å². The molecule has 1 saturated heterocycles. The predicted octanol–water partition coefficient (Wildman–Crippen LogP) is 2.78. The van der Waals surface area contributed by atoms with Crippen LogP contribution in [0, 0.1) is 0 Å². The Labute approximate surface area is 121 Å². The molecule has 1 N–H and O–H groups in total. The Balaban J connectivity index is 1.74. The van der Waals surface area contributed by atoms with Gasteiger partial charge in [-0.15, -0.1) is 0 Å². The van der Waals surface area contributed by atoms with Gasteiger partial charge in [-0.2, -0.15) is 0 Å². The highest BCUT2D eigenvalue weighted by Gasteiger charge is 2.23. The van der Waals surface area contributed by atoms with E-state index in [1.165, 1.54) is 25.9 Å². The molecule has 0 aromatic heterocycles. The second-order valence-electron chi connectivity index (χ2n) is 5.53. The molecule has 106 valence electrons. The van der Waals surface area contributed by atoms with Crippen LogP contribution < -0.4 is 5.32 Å². The molecule has 0 spiro atoms. The SMILES string of the molecule is CN(C)CC1CCCN1CCNc1ccc(Cl)cc1. The monoisotopic (exact) mass is 281 g/mol. The fourth-order valence-electron chi connectivity index (χ4n) is 2.73. The van der Waals surface area contributed by atoms with Gasteiger partial charge in [0.25, 0.3) is 0 Å². The minimum Gasteiger partial charge on any atom is -0.384 e. The summed E-state index contributed by atoms with van der Waals surface area (Å²) in [6.07, 6.45) is 2.67. The Bertz CT molecular complexity index is 377. The van der Waals surface area contributed by atoms with E-state index in [9.17, 15) is 0 Å². The first kappa shape index (κ1) is 14.6. The summed E-state index contributed by atoms with van der Waals surface area (Å²) in [7, 11) is 4.31. The molecule has 0 aliphatic carbocycles. The zero-order valence-corrected chi connectivity index (χ0v) is 12.7. The molecule has 1 aliphatic rings. The average Bonchev–Trinajstić information content (AvgIpc) is 2.78. The molecule has 1 unspecified atom stereocenters. The number of likely N-dealkylation sites (N-methyl/N-ethyl adjacent to an activating group) is 1. The Kier molecular flexibility index (Phi) is 5.49. The number of anilines is 1. The third-order valence-corrected chi connectivity index (χ3v) is 3.90. The summed E-state index contributed by atoms with van der Waals surface area (Å²) in [6, 6.07) is 8.64. The lowest BCUT2D eigenvalue weighted by molar-refractivity contribution is 0.214. The first-order chi connectivity index (χ1) is 9.15. The van der Waals surface area contributed by atoms with Crippen molar-refractivity contribution in [2.45, 2.75) is 18.9 Å². The fraction of sp³-hybridized carbons (Fsp3) is 0.600. The van der Waals surface area contributed by atoms with E-state index < -0.39 is 0 Å². The van der Waals surface area contributed by atoms with Crippen molar-refractivity contribution in [2.24, 2.45) is 0 Å². The maximum Gasteiger partial charge on any atom is 0.0407 e. The van der Waals surface area contributed by atoms with Gasteiger partial charge in [0.2, 0.25) is 0 Å². The molecular formula is C15H24ClN3. The van der Waals surface area contributed by atoms with Crippen molar-refractivity contribution < 1.29 is 0 Å². The van der Waals surface area contributed by atoms with Crippen LogP contribution in [0.5, 0.6) is 0 Å². The first-order valence-corrected chi connectivity index (χ1v) is 7.41. The number of nitrogens with zero attached hydrogens (tertiary/aromatic N) is 2. The van der Waals surface area contributed by atoms with Gasteiger partial charge in [0.1, 0.15) is 0 Å². The van der Waals surface area contributed by atoms with Crippen LogP contribution in [0.3, 0.4) is 0 Å². The number of nitrogens with one attached hydrogen (secondary N) is 1. The lowest BCUT2D eigenvalue weighted by Gasteiger charge is -2.27. The van der Waals surface area contributed by atoms with Crippen LogP contribution in [0.2, 0.25) is 5.02 Å². The van der Waals surface area contributed by atoms with Gasteiger partial charge in [-0.3, -0.25) is 4.90 Å². The number of benzene rings is 1. The van der Waals surface area contributed by atoms with E-state index >= 15 is 0 Å². The third kappa shape index (κ3) is 4.68. The van der Waals surface area contributed by atoms with E-state index in [0.717, 1.165) is 29.8 Å². The van der Waals surface area contributed by atoms with E-state index in [4.69, 9.17) is 11.6 Å². The predicted molar refractivity (Wildman–Crippen MR) is 83.1 cm³/mol. The van der Waals surface area contributed by atoms with Crippen molar-refractivity contribution in [3.8, 4) is 0 Å². The normalized spacial score (nSPS) is 20.1. The number of hydrogen-bond acceptors (Lipinski definition) is 3. The maximum atomic E-state index is 5.88. The van der Waals surface area contributed by atoms with Gasteiger partial charge in [-0.1, -0.05) is 11.6 Å². The van der Waals surface area contributed by atoms with E-state index in [0.29, 0.717) is 0 Å². The first-order valence-electron chi connectivity index (χ1n) is 7.03. The zero-order valence-electron chi connectivity index (χ0n) is 11.9. The van der Waals surface area contributed by atoms with Gasteiger partial charge >= 0.3 is 0 Å². The molecule has 1 heterocycles. The lowest BCUT2D eigenvalue weighted by Crippen LogP contribution is -2.39. The minimum atomic E-state index is 0.724. The van der Waals surface area contributed by atoms with Gasteiger partial charge in [0.05, 0.1) is 0 Å². The standard InChI is InChI=1S/C15H24ClN3/c1-18(2)12-15-4-3-10-19(15)11-9-17-14-7-5-13(16)6-8-14/h5-8,15,17H,3-4,9-12H2,1-2H3. The Hall–Kier alpha value is -0.770. The highest BCUT2D eigenvalue weighted by atomic mass is 35.5. The molecule has 19 heavy (non-hydrogen) atoms. The smallest absolute Gasteiger partial charge is 0.0407 e. The number of rotatable bonds is 6. The molecule has 3 nitrogen and oxygen atoms in total. The summed E-state index contributed by atoms with van der Waals surface area (Å²) in [5.74, 6) is 0. The van der Waals surface area contributed by atoms with Crippen molar-refractivity contribution in [3.63, 3.8) is 0 Å². The maximum absolute atomic E-state index is 5.88. The summed E-state index contributed by atoms with van der Waals surface area (Å²) in [4.78, 5) is 4.89. The molecule has 4 heteroatoms. The summed E-state index contributed by atoms with van der Waals surface area (Å²) < 4.78 is 0. The molecule has 1 aliphatic heterocycles. The fourth-order valence-corrected chi connectivity index (χ4v) is 2.86. The average molecular weight is 282 g/mol. The van der Waals surface area contributed by atoms with Gasteiger partial charge in [0, 0.05) is 36.4 Å². The van der Waals surface area contributed by atoms with E-state index in [-0.39, 0.29) is 0 Å². The van der Waals surface area contributed by atoms with Crippen LogP contribution >= 0.6 is 11.6 Å². The van der Waals surface area contributed by atoms with Crippen LogP contribution in [-0.2, 0) is 0 Å². The molecule has 0 amide bonds. The number of halogens is 1. The lowest BCUT2D eigenvalue weighted by atomic mass is 10.2. The van der Waals surface area contributed by atoms with Crippen LogP contribution in [0.4, 0.5) is 5.69 Å². The Morgan fingerprint density at radius 1 is 1.32 bits per heavy atom. The second-order valence-corrected chi connectivity index (χ2v) is 5.96. The molecule has 0 saturated carbocycles. The van der Waals surface area contributed by atoms with Gasteiger partial charge in [-0.25, -0.2) is 0 Å². The van der Waals surface area contributed by atoms with Crippen molar-refractivity contribution in [1.82, 2.24) is 9.80 Å².